The summed E-state index contributed by atoms with van der Waals surface area (Å²) in [5.74, 6) is 0.526. The summed E-state index contributed by atoms with van der Waals surface area (Å²) in [6.45, 7) is 3.62. The maximum Gasteiger partial charge on any atom is 0.302 e. The van der Waals surface area contributed by atoms with E-state index in [2.05, 4.69) is 6.92 Å². The van der Waals surface area contributed by atoms with Gasteiger partial charge in [-0.05, 0) is 25.7 Å². The Hall–Kier alpha value is -0.240. The van der Waals surface area contributed by atoms with Gasteiger partial charge in [0.1, 0.15) is 6.10 Å². The standard InChI is InChI=1S/C11H21ClO2/c1-3-4-7-11(14-10(2)13)8-5-6-9-12/h11H,3-9H2,1-2H3/t11-/m1/s1. The maximum atomic E-state index is 10.8. The molecule has 0 N–H and O–H groups in total. The molecule has 0 heterocycles. The zero-order valence-corrected chi connectivity index (χ0v) is 9.98. The molecule has 0 aromatic heterocycles. The maximum absolute atomic E-state index is 10.8. The van der Waals surface area contributed by atoms with Gasteiger partial charge in [0, 0.05) is 12.8 Å². The Morgan fingerprint density at radius 2 is 1.93 bits per heavy atom. The van der Waals surface area contributed by atoms with E-state index in [1.54, 1.807) is 0 Å². The summed E-state index contributed by atoms with van der Waals surface area (Å²) < 4.78 is 5.22. The molecule has 0 aromatic carbocycles. The molecular formula is C11H21ClO2. The van der Waals surface area contributed by atoms with Crippen LogP contribution in [-0.4, -0.2) is 18.0 Å². The van der Waals surface area contributed by atoms with Crippen molar-refractivity contribution in [3.8, 4) is 0 Å². The second-order valence-corrected chi connectivity index (χ2v) is 3.94. The first-order valence-electron chi connectivity index (χ1n) is 5.43. The van der Waals surface area contributed by atoms with E-state index in [1.165, 1.54) is 6.92 Å². The summed E-state index contributed by atoms with van der Waals surface area (Å²) in [6, 6.07) is 0. The van der Waals surface area contributed by atoms with Gasteiger partial charge in [-0.15, -0.1) is 11.6 Å². The minimum atomic E-state index is -0.169. The van der Waals surface area contributed by atoms with Crippen molar-refractivity contribution < 1.29 is 9.53 Å². The molecule has 0 radical (unpaired) electrons. The summed E-state index contributed by atoms with van der Waals surface area (Å²) in [5, 5.41) is 0. The van der Waals surface area contributed by atoms with Crippen molar-refractivity contribution in [3.63, 3.8) is 0 Å². The van der Waals surface area contributed by atoms with E-state index in [0.29, 0.717) is 5.88 Å². The first-order chi connectivity index (χ1) is 6.70. The van der Waals surface area contributed by atoms with E-state index < -0.39 is 0 Å². The lowest BCUT2D eigenvalue weighted by Crippen LogP contribution is -2.16. The average molecular weight is 221 g/mol. The molecule has 0 aliphatic heterocycles. The van der Waals surface area contributed by atoms with Crippen LogP contribution in [0.15, 0.2) is 0 Å². The minimum absolute atomic E-state index is 0.107. The van der Waals surface area contributed by atoms with Crippen LogP contribution in [0.1, 0.15) is 52.4 Å². The number of unbranched alkanes of at least 4 members (excludes halogenated alkanes) is 2. The highest BCUT2D eigenvalue weighted by molar-refractivity contribution is 6.17. The SMILES string of the molecule is CCCC[C@H](CCCCCl)OC(C)=O. The van der Waals surface area contributed by atoms with E-state index in [4.69, 9.17) is 16.3 Å². The molecule has 1 atom stereocenters. The van der Waals surface area contributed by atoms with Gasteiger partial charge >= 0.3 is 5.97 Å². The zero-order valence-electron chi connectivity index (χ0n) is 9.22. The van der Waals surface area contributed by atoms with E-state index in [0.717, 1.165) is 38.5 Å². The van der Waals surface area contributed by atoms with Crippen molar-refractivity contribution in [2.24, 2.45) is 0 Å². The van der Waals surface area contributed by atoms with Crippen LogP contribution in [0.2, 0.25) is 0 Å². The van der Waals surface area contributed by atoms with Crippen LogP contribution in [0.25, 0.3) is 0 Å². The molecule has 0 unspecified atom stereocenters. The Morgan fingerprint density at radius 1 is 1.29 bits per heavy atom. The van der Waals surface area contributed by atoms with Crippen LogP contribution in [0.5, 0.6) is 0 Å². The zero-order chi connectivity index (χ0) is 10.8. The molecule has 0 aliphatic carbocycles. The summed E-state index contributed by atoms with van der Waals surface area (Å²) >= 11 is 5.59. The van der Waals surface area contributed by atoms with Crippen LogP contribution < -0.4 is 0 Å². The predicted molar refractivity (Wildman–Crippen MR) is 59.7 cm³/mol. The number of hydrogen-bond acceptors (Lipinski definition) is 2. The molecule has 84 valence electrons. The van der Waals surface area contributed by atoms with Gasteiger partial charge < -0.3 is 4.74 Å². The molecule has 0 saturated carbocycles. The van der Waals surface area contributed by atoms with Crippen molar-refractivity contribution in [2.75, 3.05) is 5.88 Å². The second-order valence-electron chi connectivity index (χ2n) is 3.56. The lowest BCUT2D eigenvalue weighted by atomic mass is 10.1. The monoisotopic (exact) mass is 220 g/mol. The number of ether oxygens (including phenoxy) is 1. The average Bonchev–Trinajstić information content (AvgIpc) is 2.13. The van der Waals surface area contributed by atoms with Crippen molar-refractivity contribution in [1.29, 1.82) is 0 Å². The Labute approximate surface area is 92.0 Å². The third kappa shape index (κ3) is 8.36. The van der Waals surface area contributed by atoms with Crippen molar-refractivity contribution in [1.82, 2.24) is 0 Å². The molecule has 14 heavy (non-hydrogen) atoms. The number of halogens is 1. The third-order valence-corrected chi connectivity index (χ3v) is 2.39. The normalized spacial score (nSPS) is 12.5. The van der Waals surface area contributed by atoms with E-state index in [9.17, 15) is 4.79 Å². The molecule has 3 heteroatoms. The number of carbonyl (C=O) groups is 1. The summed E-state index contributed by atoms with van der Waals surface area (Å²) in [7, 11) is 0. The van der Waals surface area contributed by atoms with Gasteiger partial charge in [0.2, 0.25) is 0 Å². The second kappa shape index (κ2) is 9.32. The smallest absolute Gasteiger partial charge is 0.302 e. The molecule has 0 spiro atoms. The molecular weight excluding hydrogens is 200 g/mol. The Kier molecular flexibility index (Phi) is 9.16. The topological polar surface area (TPSA) is 26.3 Å². The van der Waals surface area contributed by atoms with Gasteiger partial charge in [-0.1, -0.05) is 19.8 Å². The molecule has 0 bridgehead atoms. The minimum Gasteiger partial charge on any atom is -0.463 e. The fraction of sp³-hybridized carbons (Fsp3) is 0.909. The van der Waals surface area contributed by atoms with Crippen molar-refractivity contribution in [2.45, 2.75) is 58.5 Å². The van der Waals surface area contributed by atoms with Gasteiger partial charge in [0.25, 0.3) is 0 Å². The highest BCUT2D eigenvalue weighted by Gasteiger charge is 2.10. The molecule has 0 rings (SSSR count). The van der Waals surface area contributed by atoms with Crippen LogP contribution in [-0.2, 0) is 9.53 Å². The molecule has 0 aliphatic rings. The van der Waals surface area contributed by atoms with Crippen molar-refractivity contribution >= 4 is 17.6 Å². The van der Waals surface area contributed by atoms with Crippen LogP contribution >= 0.6 is 11.6 Å². The number of rotatable bonds is 8. The largest absolute Gasteiger partial charge is 0.463 e. The molecule has 0 aromatic rings. The van der Waals surface area contributed by atoms with E-state index >= 15 is 0 Å². The Balaban J connectivity index is 3.66. The lowest BCUT2D eigenvalue weighted by molar-refractivity contribution is -0.147. The van der Waals surface area contributed by atoms with Gasteiger partial charge in [-0.2, -0.15) is 0 Å². The number of hydrogen-bond donors (Lipinski definition) is 0. The van der Waals surface area contributed by atoms with E-state index in [-0.39, 0.29) is 12.1 Å². The molecule has 0 saturated heterocycles. The molecule has 2 nitrogen and oxygen atoms in total. The summed E-state index contributed by atoms with van der Waals surface area (Å²) in [5.41, 5.74) is 0. The first-order valence-corrected chi connectivity index (χ1v) is 5.97. The van der Waals surface area contributed by atoms with Gasteiger partial charge in [-0.3, -0.25) is 4.79 Å². The summed E-state index contributed by atoms with van der Waals surface area (Å²) in [4.78, 5) is 10.8. The lowest BCUT2D eigenvalue weighted by Gasteiger charge is -2.16. The highest BCUT2D eigenvalue weighted by Crippen LogP contribution is 2.13. The first kappa shape index (κ1) is 13.8. The number of carbonyl (C=O) groups excluding carboxylic acids is 1. The Morgan fingerprint density at radius 3 is 2.43 bits per heavy atom. The number of esters is 1. The fourth-order valence-electron chi connectivity index (χ4n) is 1.40. The van der Waals surface area contributed by atoms with Crippen LogP contribution in [0.4, 0.5) is 0 Å². The van der Waals surface area contributed by atoms with Gasteiger partial charge in [0.05, 0.1) is 0 Å². The molecule has 0 amide bonds. The van der Waals surface area contributed by atoms with Gasteiger partial charge in [-0.25, -0.2) is 0 Å². The predicted octanol–water partition coefficient (Wildman–Crippen LogP) is 3.52. The highest BCUT2D eigenvalue weighted by atomic mass is 35.5. The fourth-order valence-corrected chi connectivity index (χ4v) is 1.58. The van der Waals surface area contributed by atoms with Crippen LogP contribution in [0.3, 0.4) is 0 Å². The molecule has 0 fully saturated rings. The summed E-state index contributed by atoms with van der Waals surface area (Å²) in [6.07, 6.45) is 6.36. The van der Waals surface area contributed by atoms with Crippen molar-refractivity contribution in [3.05, 3.63) is 0 Å². The Bertz CT molecular complexity index is 148. The quantitative estimate of drug-likeness (QED) is 0.356. The number of alkyl halides is 1. The van der Waals surface area contributed by atoms with E-state index in [1.807, 2.05) is 0 Å². The van der Waals surface area contributed by atoms with Crippen LogP contribution in [0, 0.1) is 0 Å². The van der Waals surface area contributed by atoms with Gasteiger partial charge in [0.15, 0.2) is 0 Å². The third-order valence-electron chi connectivity index (χ3n) is 2.12.